The number of ether oxygens (including phenoxy) is 1. The van der Waals surface area contributed by atoms with Crippen molar-refractivity contribution >= 4 is 46.1 Å². The lowest BCUT2D eigenvalue weighted by Gasteiger charge is -2.38. The number of thiocarbonyl (C=S) groups is 1. The van der Waals surface area contributed by atoms with Gasteiger partial charge in [0.05, 0.1) is 16.8 Å². The Morgan fingerprint density at radius 2 is 1.68 bits per heavy atom. The van der Waals surface area contributed by atoms with E-state index in [2.05, 4.69) is 22.5 Å². The van der Waals surface area contributed by atoms with Crippen LogP contribution in [0.2, 0.25) is 0 Å². The number of hydrogen-bond acceptors (Lipinski definition) is 6. The van der Waals surface area contributed by atoms with Crippen LogP contribution in [0.25, 0.3) is 0 Å². The van der Waals surface area contributed by atoms with Crippen molar-refractivity contribution in [3.8, 4) is 0 Å². The van der Waals surface area contributed by atoms with Gasteiger partial charge in [-0.2, -0.15) is 4.99 Å². The Bertz CT molecular complexity index is 1360. The Labute approximate surface area is 230 Å². The summed E-state index contributed by atoms with van der Waals surface area (Å²) >= 11 is 5.79. The van der Waals surface area contributed by atoms with Crippen LogP contribution < -0.4 is 5.32 Å². The number of carbonyl (C=O) groups excluding carboxylic acids is 2. The molecule has 3 aromatic rings. The second-order valence-electron chi connectivity index (χ2n) is 8.75. The molecule has 1 aliphatic carbocycles. The number of hydrogen-bond donors (Lipinski definition) is 1. The van der Waals surface area contributed by atoms with Crippen LogP contribution in [0.3, 0.4) is 0 Å². The van der Waals surface area contributed by atoms with Gasteiger partial charge in [0, 0.05) is 35.5 Å². The fourth-order valence-electron chi connectivity index (χ4n) is 4.82. The number of thioether (sulfide) groups is 1. The fraction of sp³-hybridized carbons (Fsp3) is 0.241. The molecule has 1 fully saturated rings. The van der Waals surface area contributed by atoms with Gasteiger partial charge < -0.3 is 10.1 Å². The molecule has 194 valence electrons. The number of methoxy groups -OCH3 is 1. The highest BCUT2D eigenvalue weighted by atomic mass is 32.2. The molecule has 0 aromatic heterocycles. The van der Waals surface area contributed by atoms with Crippen molar-refractivity contribution in [1.82, 2.24) is 5.32 Å². The first-order valence-electron chi connectivity index (χ1n) is 12.0. The van der Waals surface area contributed by atoms with E-state index >= 15 is 0 Å². The van der Waals surface area contributed by atoms with Gasteiger partial charge in [0.2, 0.25) is 0 Å². The van der Waals surface area contributed by atoms with Crippen LogP contribution in [0, 0.1) is 11.7 Å². The Morgan fingerprint density at radius 1 is 1.05 bits per heavy atom. The number of nitrogens with one attached hydrogen (secondary N) is 1. The summed E-state index contributed by atoms with van der Waals surface area (Å²) in [5.41, 5.74) is 0.992. The second-order valence-corrected chi connectivity index (χ2v) is 9.94. The van der Waals surface area contributed by atoms with Crippen LogP contribution >= 0.6 is 24.0 Å². The number of amidine groups is 1. The molecule has 2 amide bonds. The van der Waals surface area contributed by atoms with Gasteiger partial charge in [-0.15, -0.1) is 0 Å². The predicted molar refractivity (Wildman–Crippen MR) is 151 cm³/mol. The van der Waals surface area contributed by atoms with Gasteiger partial charge >= 0.3 is 0 Å². The first-order valence-corrected chi connectivity index (χ1v) is 13.4. The van der Waals surface area contributed by atoms with Gasteiger partial charge in [-0.1, -0.05) is 66.4 Å². The number of nitrogens with zero attached hydrogens (tertiary/aromatic N) is 2. The molecule has 38 heavy (non-hydrogen) atoms. The molecule has 2 aliphatic rings. The highest BCUT2D eigenvalue weighted by Gasteiger charge is 2.53. The van der Waals surface area contributed by atoms with Crippen LogP contribution in [0.15, 0.2) is 94.9 Å². The topological polar surface area (TPSA) is 80.1 Å². The average molecular weight is 548 g/mol. The zero-order valence-electron chi connectivity index (χ0n) is 20.7. The zero-order valence-corrected chi connectivity index (χ0v) is 22.3. The van der Waals surface area contributed by atoms with Gasteiger partial charge in [0.1, 0.15) is 5.82 Å². The third kappa shape index (κ3) is 6.14. The van der Waals surface area contributed by atoms with Crippen LogP contribution in [0.1, 0.15) is 39.1 Å². The number of aliphatic imine (C=N–C) groups is 2. The first kappa shape index (κ1) is 27.5. The Balaban J connectivity index is 0.000000257. The second kappa shape index (κ2) is 12.8. The predicted octanol–water partition coefficient (Wildman–Crippen LogP) is 5.91. The fourth-order valence-corrected chi connectivity index (χ4v) is 6.12. The van der Waals surface area contributed by atoms with Crippen LogP contribution in [-0.2, 0) is 10.3 Å². The molecule has 0 saturated heterocycles. The highest BCUT2D eigenvalue weighted by molar-refractivity contribution is 8.13. The average Bonchev–Trinajstić information content (AvgIpc) is 3.33. The van der Waals surface area contributed by atoms with E-state index in [0.717, 1.165) is 12.2 Å². The molecule has 0 radical (unpaired) electrons. The van der Waals surface area contributed by atoms with E-state index in [1.165, 1.54) is 17.8 Å². The normalized spacial score (nSPS) is 21.6. The maximum absolute atomic E-state index is 14.7. The molecule has 3 aromatic carbocycles. The number of isothiocyanates is 1. The van der Waals surface area contributed by atoms with Crippen molar-refractivity contribution in [1.29, 1.82) is 0 Å². The van der Waals surface area contributed by atoms with E-state index in [9.17, 15) is 14.0 Å². The Kier molecular flexibility index (Phi) is 9.31. The molecular formula is C29H26FN3O3S2. The van der Waals surface area contributed by atoms with E-state index in [4.69, 9.17) is 9.73 Å². The van der Waals surface area contributed by atoms with Gasteiger partial charge in [0.15, 0.2) is 5.17 Å². The lowest BCUT2D eigenvalue weighted by molar-refractivity contribution is 0.0644. The summed E-state index contributed by atoms with van der Waals surface area (Å²) in [4.78, 5) is 31.7. The van der Waals surface area contributed by atoms with Gasteiger partial charge in [0.25, 0.3) is 11.8 Å². The molecule has 0 spiro atoms. The van der Waals surface area contributed by atoms with Crippen molar-refractivity contribution in [3.63, 3.8) is 0 Å². The third-order valence-electron chi connectivity index (χ3n) is 6.64. The minimum atomic E-state index is -0.698. The summed E-state index contributed by atoms with van der Waals surface area (Å²) in [6, 6.07) is 24.6. The standard InChI is InChI=1S/C21H21FN2O2S.C8H5NOS/c1-26-18-11-12-21(15-9-5-6-10-17(15)22)16(18)13-27-20(24-21)23-19(25)14-7-3-2-4-8-14;10-8(9-6-11)7-4-2-1-3-5-7/h2-10,16,18H,11-13H2,1H3,(H,23,24,25);1-5H. The first-order chi connectivity index (χ1) is 18.5. The molecule has 1 aliphatic heterocycles. The van der Waals surface area contributed by atoms with E-state index in [-0.39, 0.29) is 29.7 Å². The maximum atomic E-state index is 14.7. The summed E-state index contributed by atoms with van der Waals surface area (Å²) in [5.74, 6) is -0.0166. The van der Waals surface area contributed by atoms with E-state index in [0.29, 0.717) is 28.3 Å². The molecular weight excluding hydrogens is 521 g/mol. The molecule has 3 unspecified atom stereocenters. The van der Waals surface area contributed by atoms with Crippen LogP contribution in [-0.4, -0.2) is 41.1 Å². The summed E-state index contributed by atoms with van der Waals surface area (Å²) in [6.45, 7) is 0. The summed E-state index contributed by atoms with van der Waals surface area (Å²) < 4.78 is 20.3. The highest BCUT2D eigenvalue weighted by Crippen LogP contribution is 2.52. The van der Waals surface area contributed by atoms with Crippen LogP contribution in [0.5, 0.6) is 0 Å². The minimum Gasteiger partial charge on any atom is -0.381 e. The SMILES string of the molecule is COC1CCC2(c3ccccc3F)N=C(NC(=O)c3ccccc3)SCC12.O=C(N=C=S)c1ccccc1. The number of rotatable bonds is 4. The molecule has 9 heteroatoms. The summed E-state index contributed by atoms with van der Waals surface area (Å²) in [6.07, 6.45) is 1.55. The van der Waals surface area contributed by atoms with Crippen molar-refractivity contribution < 1.29 is 18.7 Å². The van der Waals surface area contributed by atoms with Crippen LogP contribution in [0.4, 0.5) is 4.39 Å². The zero-order chi connectivity index (χ0) is 27.0. The summed E-state index contributed by atoms with van der Waals surface area (Å²) in [7, 11) is 1.70. The van der Waals surface area contributed by atoms with Crippen molar-refractivity contribution in [2.45, 2.75) is 24.5 Å². The van der Waals surface area contributed by atoms with E-state index < -0.39 is 5.54 Å². The van der Waals surface area contributed by atoms with Gasteiger partial charge in [-0.25, -0.2) is 4.39 Å². The van der Waals surface area contributed by atoms with Gasteiger partial charge in [-0.05, 0) is 55.4 Å². The molecule has 3 atom stereocenters. The summed E-state index contributed by atoms with van der Waals surface area (Å²) in [5, 5.41) is 5.47. The lowest BCUT2D eigenvalue weighted by Crippen LogP contribution is -2.43. The van der Waals surface area contributed by atoms with Gasteiger partial charge in [-0.3, -0.25) is 14.6 Å². The van der Waals surface area contributed by atoms with E-state index in [1.54, 1.807) is 55.6 Å². The number of benzene rings is 3. The largest absolute Gasteiger partial charge is 0.381 e. The monoisotopic (exact) mass is 547 g/mol. The number of halogens is 1. The van der Waals surface area contributed by atoms with Crippen molar-refractivity contribution in [3.05, 3.63) is 107 Å². The number of amides is 2. The van der Waals surface area contributed by atoms with Crippen molar-refractivity contribution in [2.75, 3.05) is 12.9 Å². The third-order valence-corrected chi connectivity index (χ3v) is 7.72. The maximum Gasteiger partial charge on any atom is 0.285 e. The minimum absolute atomic E-state index is 0.0345. The molecule has 1 saturated carbocycles. The number of fused-ring (bicyclic) bond motifs is 1. The Hall–Kier alpha value is -3.49. The lowest BCUT2D eigenvalue weighted by atomic mass is 9.81. The molecule has 6 nitrogen and oxygen atoms in total. The molecule has 1 N–H and O–H groups in total. The van der Waals surface area contributed by atoms with E-state index in [1.807, 2.05) is 35.5 Å². The quantitative estimate of drug-likeness (QED) is 0.325. The molecule has 1 heterocycles. The Morgan fingerprint density at radius 3 is 2.32 bits per heavy atom. The molecule has 5 rings (SSSR count). The van der Waals surface area contributed by atoms with Crippen molar-refractivity contribution in [2.24, 2.45) is 15.9 Å². The number of carbonyl (C=O) groups is 2. The molecule has 0 bridgehead atoms. The smallest absolute Gasteiger partial charge is 0.285 e.